The standard InChI is InChI=1S/C29H21ClN2O4/c30-25-9-5-4-8-23(25)17-35-24-13-12-20-14-22(11-10-21(20)15-24)29-31-26(19-6-2-1-3-7-19)16-27(32-29)36-18-28(33)34/h1-16H,17-18H2,(H,33,34). The second-order valence-corrected chi connectivity index (χ2v) is 8.47. The molecule has 0 radical (unpaired) electrons. The summed E-state index contributed by atoms with van der Waals surface area (Å²) in [5.74, 6) is 0.305. The number of carboxylic acids is 1. The molecule has 0 spiro atoms. The summed E-state index contributed by atoms with van der Waals surface area (Å²) < 4.78 is 11.3. The highest BCUT2D eigenvalue weighted by molar-refractivity contribution is 6.31. The predicted octanol–water partition coefficient (Wildman–Crippen LogP) is 6.66. The molecule has 1 aromatic heterocycles. The Bertz CT molecular complexity index is 1540. The molecule has 0 bridgehead atoms. The number of rotatable bonds is 8. The number of fused-ring (bicyclic) bond motifs is 1. The Morgan fingerprint density at radius 2 is 1.53 bits per heavy atom. The fourth-order valence-corrected chi connectivity index (χ4v) is 3.94. The van der Waals surface area contributed by atoms with Gasteiger partial charge in [0, 0.05) is 27.8 Å². The molecule has 0 saturated carbocycles. The van der Waals surface area contributed by atoms with Crippen LogP contribution < -0.4 is 9.47 Å². The van der Waals surface area contributed by atoms with Crippen LogP contribution in [0.1, 0.15) is 5.56 Å². The molecular weight excluding hydrogens is 476 g/mol. The molecule has 1 N–H and O–H groups in total. The minimum Gasteiger partial charge on any atom is -0.489 e. The number of aliphatic carboxylic acids is 1. The summed E-state index contributed by atoms with van der Waals surface area (Å²) in [6, 6.07) is 30.6. The van der Waals surface area contributed by atoms with Crippen molar-refractivity contribution < 1.29 is 19.4 Å². The van der Waals surface area contributed by atoms with Crippen LogP contribution in [0, 0.1) is 0 Å². The molecule has 0 aliphatic heterocycles. The van der Waals surface area contributed by atoms with Gasteiger partial charge in [0.2, 0.25) is 5.88 Å². The number of benzene rings is 4. The first-order valence-electron chi connectivity index (χ1n) is 11.2. The third kappa shape index (κ3) is 5.45. The minimum atomic E-state index is -1.07. The molecule has 0 amide bonds. The Balaban J connectivity index is 1.44. The van der Waals surface area contributed by atoms with Crippen molar-refractivity contribution in [2.45, 2.75) is 6.61 Å². The first kappa shape index (κ1) is 23.3. The molecule has 7 heteroatoms. The maximum atomic E-state index is 11.0. The monoisotopic (exact) mass is 496 g/mol. The lowest BCUT2D eigenvalue weighted by Gasteiger charge is -2.11. The lowest BCUT2D eigenvalue weighted by molar-refractivity contribution is -0.139. The molecule has 0 aliphatic rings. The molecule has 4 aromatic carbocycles. The summed E-state index contributed by atoms with van der Waals surface area (Å²) in [5, 5.41) is 11.7. The molecule has 0 aliphatic carbocycles. The number of halogens is 1. The van der Waals surface area contributed by atoms with E-state index >= 15 is 0 Å². The van der Waals surface area contributed by atoms with Gasteiger partial charge in [0.05, 0.1) is 5.69 Å². The average Bonchev–Trinajstić information content (AvgIpc) is 2.91. The van der Waals surface area contributed by atoms with E-state index in [0.29, 0.717) is 23.1 Å². The van der Waals surface area contributed by atoms with Gasteiger partial charge in [-0.15, -0.1) is 0 Å². The van der Waals surface area contributed by atoms with E-state index in [1.54, 1.807) is 6.07 Å². The van der Waals surface area contributed by atoms with Gasteiger partial charge in [-0.3, -0.25) is 0 Å². The fraction of sp³-hybridized carbons (Fsp3) is 0.0690. The van der Waals surface area contributed by atoms with Crippen molar-refractivity contribution in [1.82, 2.24) is 9.97 Å². The number of carboxylic acid groups (broad SMARTS) is 1. The highest BCUT2D eigenvalue weighted by atomic mass is 35.5. The van der Waals surface area contributed by atoms with E-state index in [0.717, 1.165) is 33.2 Å². The van der Waals surface area contributed by atoms with E-state index < -0.39 is 12.6 Å². The maximum absolute atomic E-state index is 11.0. The van der Waals surface area contributed by atoms with E-state index in [1.165, 1.54) is 0 Å². The molecule has 0 saturated heterocycles. The summed E-state index contributed by atoms with van der Waals surface area (Å²) in [6.07, 6.45) is 0. The normalized spacial score (nSPS) is 10.8. The van der Waals surface area contributed by atoms with Gasteiger partial charge < -0.3 is 14.6 Å². The van der Waals surface area contributed by atoms with Crippen molar-refractivity contribution in [3.8, 4) is 34.3 Å². The highest BCUT2D eigenvalue weighted by Gasteiger charge is 2.12. The largest absolute Gasteiger partial charge is 0.489 e. The number of hydrogen-bond donors (Lipinski definition) is 1. The van der Waals surface area contributed by atoms with Crippen LogP contribution in [0.4, 0.5) is 0 Å². The number of aromatic nitrogens is 2. The molecule has 0 unspecified atom stereocenters. The molecule has 5 aromatic rings. The quantitative estimate of drug-likeness (QED) is 0.259. The summed E-state index contributed by atoms with van der Waals surface area (Å²) in [7, 11) is 0. The van der Waals surface area contributed by atoms with E-state index in [1.807, 2.05) is 91.0 Å². The van der Waals surface area contributed by atoms with Crippen LogP contribution in [0.25, 0.3) is 33.4 Å². The Hall–Kier alpha value is -4.42. The van der Waals surface area contributed by atoms with Gasteiger partial charge in [0.25, 0.3) is 0 Å². The smallest absolute Gasteiger partial charge is 0.341 e. The molecule has 6 nitrogen and oxygen atoms in total. The van der Waals surface area contributed by atoms with Crippen LogP contribution in [0.2, 0.25) is 5.02 Å². The van der Waals surface area contributed by atoms with Crippen LogP contribution in [0.15, 0.2) is 97.1 Å². The van der Waals surface area contributed by atoms with Gasteiger partial charge in [-0.25, -0.2) is 9.78 Å². The molecular formula is C29H21ClN2O4. The van der Waals surface area contributed by atoms with Crippen LogP contribution >= 0.6 is 11.6 Å². The van der Waals surface area contributed by atoms with Crippen LogP contribution in [-0.2, 0) is 11.4 Å². The minimum absolute atomic E-state index is 0.199. The van der Waals surface area contributed by atoms with Gasteiger partial charge in [-0.2, -0.15) is 4.98 Å². The zero-order chi connectivity index (χ0) is 24.9. The summed E-state index contributed by atoms with van der Waals surface area (Å²) in [6.45, 7) is -0.109. The van der Waals surface area contributed by atoms with Crippen molar-refractivity contribution in [2.75, 3.05) is 6.61 Å². The average molecular weight is 497 g/mol. The highest BCUT2D eigenvalue weighted by Crippen LogP contribution is 2.29. The molecule has 0 atom stereocenters. The topological polar surface area (TPSA) is 81.5 Å². The third-order valence-electron chi connectivity index (χ3n) is 5.54. The lowest BCUT2D eigenvalue weighted by Crippen LogP contribution is -2.11. The Morgan fingerprint density at radius 3 is 2.33 bits per heavy atom. The Labute approximate surface area is 212 Å². The van der Waals surface area contributed by atoms with E-state index in [4.69, 9.17) is 31.2 Å². The zero-order valence-electron chi connectivity index (χ0n) is 19.1. The summed E-state index contributed by atoms with van der Waals surface area (Å²) in [4.78, 5) is 20.2. The van der Waals surface area contributed by atoms with Gasteiger partial charge in [0.15, 0.2) is 12.4 Å². The summed E-state index contributed by atoms with van der Waals surface area (Å²) in [5.41, 5.74) is 3.23. The van der Waals surface area contributed by atoms with Crippen molar-refractivity contribution in [2.24, 2.45) is 0 Å². The van der Waals surface area contributed by atoms with Crippen molar-refractivity contribution in [3.63, 3.8) is 0 Å². The predicted molar refractivity (Wildman–Crippen MR) is 139 cm³/mol. The number of carbonyl (C=O) groups is 1. The van der Waals surface area contributed by atoms with Crippen LogP contribution in [0.5, 0.6) is 11.6 Å². The fourth-order valence-electron chi connectivity index (χ4n) is 3.75. The van der Waals surface area contributed by atoms with Crippen molar-refractivity contribution in [3.05, 3.63) is 108 Å². The van der Waals surface area contributed by atoms with E-state index in [2.05, 4.69) is 4.98 Å². The SMILES string of the molecule is O=C(O)COc1cc(-c2ccccc2)nc(-c2ccc3cc(OCc4ccccc4Cl)ccc3c2)n1. The maximum Gasteiger partial charge on any atom is 0.341 e. The second-order valence-electron chi connectivity index (χ2n) is 8.07. The van der Waals surface area contributed by atoms with E-state index in [-0.39, 0.29) is 5.88 Å². The van der Waals surface area contributed by atoms with Gasteiger partial charge >= 0.3 is 5.97 Å². The first-order valence-corrected chi connectivity index (χ1v) is 11.6. The van der Waals surface area contributed by atoms with Crippen LogP contribution in [-0.4, -0.2) is 27.7 Å². The summed E-state index contributed by atoms with van der Waals surface area (Å²) >= 11 is 6.23. The van der Waals surface area contributed by atoms with Crippen LogP contribution in [0.3, 0.4) is 0 Å². The number of ether oxygens (including phenoxy) is 2. The van der Waals surface area contributed by atoms with Crippen molar-refractivity contribution >= 4 is 28.3 Å². The first-order chi connectivity index (χ1) is 17.5. The molecule has 0 fully saturated rings. The second kappa shape index (κ2) is 10.5. The molecule has 5 rings (SSSR count). The zero-order valence-corrected chi connectivity index (χ0v) is 19.9. The molecule has 178 valence electrons. The molecule has 36 heavy (non-hydrogen) atoms. The van der Waals surface area contributed by atoms with Gasteiger partial charge in [0.1, 0.15) is 12.4 Å². The number of hydrogen-bond acceptors (Lipinski definition) is 5. The lowest BCUT2D eigenvalue weighted by atomic mass is 10.1. The Kier molecular flexibility index (Phi) is 6.78. The third-order valence-corrected chi connectivity index (χ3v) is 5.91. The molecule has 1 heterocycles. The van der Waals surface area contributed by atoms with Gasteiger partial charge in [-0.05, 0) is 35.0 Å². The Morgan fingerprint density at radius 1 is 0.778 bits per heavy atom. The van der Waals surface area contributed by atoms with E-state index in [9.17, 15) is 4.79 Å². The number of nitrogens with zero attached hydrogens (tertiary/aromatic N) is 2. The van der Waals surface area contributed by atoms with Crippen molar-refractivity contribution in [1.29, 1.82) is 0 Å². The van der Waals surface area contributed by atoms with Gasteiger partial charge in [-0.1, -0.05) is 78.3 Å².